The summed E-state index contributed by atoms with van der Waals surface area (Å²) in [6.45, 7) is 1.24. The molecule has 21 heavy (non-hydrogen) atoms. The summed E-state index contributed by atoms with van der Waals surface area (Å²) in [5, 5.41) is 9.19. The Morgan fingerprint density at radius 3 is 2.52 bits per heavy atom. The zero-order chi connectivity index (χ0) is 15.8. The molecular formula is C14H17F3N2O2. The van der Waals surface area contributed by atoms with E-state index in [9.17, 15) is 23.1 Å². The fourth-order valence-corrected chi connectivity index (χ4v) is 2.54. The molecule has 1 aromatic rings. The van der Waals surface area contributed by atoms with Gasteiger partial charge in [0.2, 0.25) is 0 Å². The van der Waals surface area contributed by atoms with Crippen LogP contribution in [-0.2, 0) is 6.18 Å². The van der Waals surface area contributed by atoms with E-state index in [0.29, 0.717) is 24.8 Å². The van der Waals surface area contributed by atoms with Gasteiger partial charge in [-0.2, -0.15) is 13.2 Å². The van der Waals surface area contributed by atoms with E-state index < -0.39 is 17.7 Å². The number of aromatic carboxylic acids is 1. The van der Waals surface area contributed by atoms with Crippen LogP contribution in [0.15, 0.2) is 18.2 Å². The molecule has 0 aromatic heterocycles. The van der Waals surface area contributed by atoms with Gasteiger partial charge in [0.25, 0.3) is 0 Å². The number of rotatable bonds is 3. The van der Waals surface area contributed by atoms with E-state index in [2.05, 4.69) is 0 Å². The molecule has 0 amide bonds. The molecular weight excluding hydrogens is 285 g/mol. The standard InChI is InChI=1S/C14H17F3N2O2/c1-18(2)10-5-6-19(8-10)12-4-3-9(14(15,16)17)7-11(12)13(20)21/h3-4,7,10H,5-6,8H2,1-2H3,(H,20,21). The summed E-state index contributed by atoms with van der Waals surface area (Å²) in [6, 6.07) is 3.17. The van der Waals surface area contributed by atoms with E-state index >= 15 is 0 Å². The van der Waals surface area contributed by atoms with Crippen molar-refractivity contribution in [3.8, 4) is 0 Å². The first-order valence-corrected chi connectivity index (χ1v) is 6.56. The quantitative estimate of drug-likeness (QED) is 0.932. The normalized spacial score (nSPS) is 19.3. The van der Waals surface area contributed by atoms with Gasteiger partial charge >= 0.3 is 12.1 Å². The minimum Gasteiger partial charge on any atom is -0.478 e. The maximum atomic E-state index is 12.7. The SMILES string of the molecule is CN(C)C1CCN(c2ccc(C(F)(F)F)cc2C(=O)O)C1. The maximum Gasteiger partial charge on any atom is 0.416 e. The van der Waals surface area contributed by atoms with Crippen molar-refractivity contribution in [3.05, 3.63) is 29.3 Å². The number of hydrogen-bond donors (Lipinski definition) is 1. The van der Waals surface area contributed by atoms with Gasteiger partial charge in [-0.3, -0.25) is 0 Å². The first-order valence-electron chi connectivity index (χ1n) is 6.56. The molecule has 0 aliphatic carbocycles. The van der Waals surface area contributed by atoms with Crippen LogP contribution in [0.2, 0.25) is 0 Å². The van der Waals surface area contributed by atoms with Gasteiger partial charge in [0.05, 0.1) is 16.8 Å². The van der Waals surface area contributed by atoms with Crippen molar-refractivity contribution < 1.29 is 23.1 Å². The predicted molar refractivity (Wildman–Crippen MR) is 72.7 cm³/mol. The molecule has 4 nitrogen and oxygen atoms in total. The Morgan fingerprint density at radius 2 is 2.05 bits per heavy atom. The minimum atomic E-state index is -4.54. The number of carboxylic acid groups (broad SMARTS) is 1. The van der Waals surface area contributed by atoms with Crippen molar-refractivity contribution in [3.63, 3.8) is 0 Å². The average molecular weight is 302 g/mol. The topological polar surface area (TPSA) is 43.8 Å². The van der Waals surface area contributed by atoms with Gasteiger partial charge in [-0.15, -0.1) is 0 Å². The average Bonchev–Trinajstić information content (AvgIpc) is 2.86. The van der Waals surface area contributed by atoms with Gasteiger partial charge in [0, 0.05) is 19.1 Å². The fourth-order valence-electron chi connectivity index (χ4n) is 2.54. The number of anilines is 1. The zero-order valence-corrected chi connectivity index (χ0v) is 11.8. The number of alkyl halides is 3. The zero-order valence-electron chi connectivity index (χ0n) is 11.8. The molecule has 1 aromatic carbocycles. The summed E-state index contributed by atoms with van der Waals surface area (Å²) in [7, 11) is 3.86. The Kier molecular flexibility index (Phi) is 4.13. The molecule has 1 saturated heterocycles. The van der Waals surface area contributed by atoms with Gasteiger partial charge in [-0.05, 0) is 38.7 Å². The van der Waals surface area contributed by atoms with Crippen molar-refractivity contribution in [2.75, 3.05) is 32.1 Å². The van der Waals surface area contributed by atoms with Crippen LogP contribution >= 0.6 is 0 Å². The molecule has 0 radical (unpaired) electrons. The van der Waals surface area contributed by atoms with Crippen LogP contribution in [0.25, 0.3) is 0 Å². The van der Waals surface area contributed by atoms with Crippen LogP contribution in [0.3, 0.4) is 0 Å². The summed E-state index contributed by atoms with van der Waals surface area (Å²) in [5.41, 5.74) is -0.893. The van der Waals surface area contributed by atoms with Gasteiger partial charge in [0.1, 0.15) is 0 Å². The molecule has 1 aliphatic heterocycles. The van der Waals surface area contributed by atoms with Gasteiger partial charge in [0.15, 0.2) is 0 Å². The highest BCUT2D eigenvalue weighted by Gasteiger charge is 2.33. The van der Waals surface area contributed by atoms with E-state index in [0.717, 1.165) is 12.5 Å². The molecule has 1 atom stereocenters. The van der Waals surface area contributed by atoms with Crippen LogP contribution in [0.1, 0.15) is 22.3 Å². The molecule has 0 saturated carbocycles. The molecule has 0 spiro atoms. The van der Waals surface area contributed by atoms with E-state index in [-0.39, 0.29) is 11.6 Å². The van der Waals surface area contributed by atoms with Crippen molar-refractivity contribution in [1.29, 1.82) is 0 Å². The highest BCUT2D eigenvalue weighted by Crippen LogP contribution is 2.34. The number of nitrogens with zero attached hydrogens (tertiary/aromatic N) is 2. The third kappa shape index (κ3) is 3.29. The third-order valence-corrected chi connectivity index (χ3v) is 3.79. The van der Waals surface area contributed by atoms with Crippen LogP contribution in [0.4, 0.5) is 18.9 Å². The largest absolute Gasteiger partial charge is 0.478 e. The van der Waals surface area contributed by atoms with Gasteiger partial charge in [-0.1, -0.05) is 0 Å². The molecule has 0 bridgehead atoms. The van der Waals surface area contributed by atoms with E-state index in [1.54, 1.807) is 0 Å². The van der Waals surface area contributed by atoms with Crippen LogP contribution in [0, 0.1) is 0 Å². The van der Waals surface area contributed by atoms with Gasteiger partial charge in [-0.25, -0.2) is 4.79 Å². The van der Waals surface area contributed by atoms with Crippen LogP contribution in [0.5, 0.6) is 0 Å². The summed E-state index contributed by atoms with van der Waals surface area (Å²) < 4.78 is 38.1. The lowest BCUT2D eigenvalue weighted by atomic mass is 10.1. The maximum absolute atomic E-state index is 12.7. The van der Waals surface area contributed by atoms with E-state index in [1.165, 1.54) is 6.07 Å². The second-order valence-corrected chi connectivity index (χ2v) is 5.39. The summed E-state index contributed by atoms with van der Waals surface area (Å²) in [6.07, 6.45) is -3.69. The third-order valence-electron chi connectivity index (χ3n) is 3.79. The van der Waals surface area contributed by atoms with Crippen molar-refractivity contribution in [1.82, 2.24) is 4.90 Å². The highest BCUT2D eigenvalue weighted by molar-refractivity contribution is 5.94. The van der Waals surface area contributed by atoms with Crippen molar-refractivity contribution >= 4 is 11.7 Å². The Hall–Kier alpha value is -1.76. The second-order valence-electron chi connectivity index (χ2n) is 5.39. The van der Waals surface area contributed by atoms with Crippen LogP contribution < -0.4 is 4.90 Å². The molecule has 1 unspecified atom stereocenters. The lowest BCUT2D eigenvalue weighted by molar-refractivity contribution is -0.137. The monoisotopic (exact) mass is 302 g/mol. The van der Waals surface area contributed by atoms with Crippen molar-refractivity contribution in [2.24, 2.45) is 0 Å². The molecule has 2 rings (SSSR count). The molecule has 116 valence electrons. The Morgan fingerprint density at radius 1 is 1.38 bits per heavy atom. The number of halogens is 3. The highest BCUT2D eigenvalue weighted by atomic mass is 19.4. The first-order chi connectivity index (χ1) is 9.70. The number of benzene rings is 1. The lowest BCUT2D eigenvalue weighted by Crippen LogP contribution is -2.32. The van der Waals surface area contributed by atoms with E-state index in [1.807, 2.05) is 23.9 Å². The fraction of sp³-hybridized carbons (Fsp3) is 0.500. The van der Waals surface area contributed by atoms with Crippen molar-refractivity contribution in [2.45, 2.75) is 18.6 Å². The molecule has 1 aliphatic rings. The molecule has 1 N–H and O–H groups in total. The summed E-state index contributed by atoms with van der Waals surface area (Å²) in [4.78, 5) is 15.1. The summed E-state index contributed by atoms with van der Waals surface area (Å²) >= 11 is 0. The number of carbonyl (C=O) groups is 1. The van der Waals surface area contributed by atoms with Gasteiger partial charge < -0.3 is 14.9 Å². The number of hydrogen-bond acceptors (Lipinski definition) is 3. The summed E-state index contributed by atoms with van der Waals surface area (Å²) in [5.74, 6) is -1.34. The first kappa shape index (κ1) is 15.6. The Labute approximate surface area is 120 Å². The molecule has 1 heterocycles. The Bertz CT molecular complexity index is 544. The molecule has 1 fully saturated rings. The minimum absolute atomic E-state index is 0.272. The number of likely N-dealkylation sites (N-methyl/N-ethyl adjacent to an activating group) is 1. The Balaban J connectivity index is 2.34. The predicted octanol–water partition coefficient (Wildman–Crippen LogP) is 2.54. The van der Waals surface area contributed by atoms with E-state index in [4.69, 9.17) is 0 Å². The second kappa shape index (κ2) is 5.55. The van der Waals surface area contributed by atoms with Crippen LogP contribution in [-0.4, -0.2) is 49.2 Å². The molecule has 7 heteroatoms. The smallest absolute Gasteiger partial charge is 0.416 e. The number of carboxylic acids is 1. The lowest BCUT2D eigenvalue weighted by Gasteiger charge is -2.23.